The lowest BCUT2D eigenvalue weighted by molar-refractivity contribution is -0.120. The summed E-state index contributed by atoms with van der Waals surface area (Å²) in [4.78, 5) is 15.1. The molecule has 2 aromatic carbocycles. The first-order valence-corrected chi connectivity index (χ1v) is 13.8. The molecule has 0 bridgehead atoms. The van der Waals surface area contributed by atoms with Crippen LogP contribution in [0.4, 0.5) is 11.4 Å². The molecule has 0 radical (unpaired) electrons. The van der Waals surface area contributed by atoms with Gasteiger partial charge >= 0.3 is 0 Å². The highest BCUT2D eigenvalue weighted by atomic mass is 35.5. The SMILES string of the molecule is O=C(Nc1ccc(N2CCCCC2)cc1)C1CCN(S(=O)(=O)Cc2ccc(Cl)cc2Cl)CC1. The zero-order valence-electron chi connectivity index (χ0n) is 18.5. The summed E-state index contributed by atoms with van der Waals surface area (Å²) in [5.41, 5.74) is 2.48. The number of sulfonamides is 1. The fraction of sp³-hybridized carbons (Fsp3) is 0.458. The maximum Gasteiger partial charge on any atom is 0.227 e. The van der Waals surface area contributed by atoms with Crippen LogP contribution in [-0.2, 0) is 20.6 Å². The van der Waals surface area contributed by atoms with E-state index in [0.717, 1.165) is 18.8 Å². The predicted molar refractivity (Wildman–Crippen MR) is 135 cm³/mol. The highest BCUT2D eigenvalue weighted by Crippen LogP contribution is 2.27. The molecule has 2 aromatic rings. The molecule has 0 unspecified atom stereocenters. The summed E-state index contributed by atoms with van der Waals surface area (Å²) >= 11 is 12.0. The van der Waals surface area contributed by atoms with Gasteiger partial charge in [-0.3, -0.25) is 4.79 Å². The second-order valence-electron chi connectivity index (χ2n) is 8.75. The van der Waals surface area contributed by atoms with Gasteiger partial charge in [-0.15, -0.1) is 0 Å². The molecule has 1 amide bonds. The van der Waals surface area contributed by atoms with Crippen LogP contribution in [-0.4, -0.2) is 44.8 Å². The molecule has 0 aliphatic carbocycles. The number of hydrogen-bond acceptors (Lipinski definition) is 4. The maximum absolute atomic E-state index is 12.9. The minimum atomic E-state index is -3.53. The van der Waals surface area contributed by atoms with Crippen LogP contribution in [0.5, 0.6) is 0 Å². The number of amides is 1. The second-order valence-corrected chi connectivity index (χ2v) is 11.6. The summed E-state index contributed by atoms with van der Waals surface area (Å²) in [5, 5.41) is 3.80. The lowest BCUT2D eigenvalue weighted by Crippen LogP contribution is -2.41. The van der Waals surface area contributed by atoms with Gasteiger partial charge in [-0.25, -0.2) is 12.7 Å². The molecular weight excluding hydrogens is 481 g/mol. The van der Waals surface area contributed by atoms with Crippen molar-refractivity contribution in [1.29, 1.82) is 0 Å². The molecule has 0 aromatic heterocycles. The van der Waals surface area contributed by atoms with Crippen LogP contribution in [0.25, 0.3) is 0 Å². The van der Waals surface area contributed by atoms with Crippen LogP contribution in [0.2, 0.25) is 10.0 Å². The van der Waals surface area contributed by atoms with Crippen molar-refractivity contribution in [1.82, 2.24) is 4.31 Å². The topological polar surface area (TPSA) is 69.7 Å². The predicted octanol–water partition coefficient (Wildman–Crippen LogP) is 5.16. The molecule has 0 saturated carbocycles. The molecule has 2 heterocycles. The summed E-state index contributed by atoms with van der Waals surface area (Å²) in [7, 11) is -3.53. The fourth-order valence-electron chi connectivity index (χ4n) is 4.47. The third-order valence-electron chi connectivity index (χ3n) is 6.43. The van der Waals surface area contributed by atoms with Gasteiger partial charge in [0, 0.05) is 53.5 Å². The zero-order valence-corrected chi connectivity index (χ0v) is 20.8. The summed E-state index contributed by atoms with van der Waals surface area (Å²) in [6, 6.07) is 12.8. The van der Waals surface area contributed by atoms with Gasteiger partial charge in [-0.2, -0.15) is 0 Å². The Hall–Kier alpha value is -1.80. The second kappa shape index (κ2) is 10.6. The Bertz CT molecular complexity index is 1080. The number of carbonyl (C=O) groups excluding carboxylic acids is 1. The molecule has 6 nitrogen and oxygen atoms in total. The van der Waals surface area contributed by atoms with Gasteiger partial charge in [0.2, 0.25) is 15.9 Å². The van der Waals surface area contributed by atoms with Crippen LogP contribution in [0, 0.1) is 5.92 Å². The fourth-order valence-corrected chi connectivity index (χ4v) is 6.62. The largest absolute Gasteiger partial charge is 0.372 e. The van der Waals surface area contributed by atoms with Crippen LogP contribution in [0.3, 0.4) is 0 Å². The summed E-state index contributed by atoms with van der Waals surface area (Å²) in [6.45, 7) is 2.80. The van der Waals surface area contributed by atoms with Gasteiger partial charge < -0.3 is 10.2 Å². The van der Waals surface area contributed by atoms with E-state index in [9.17, 15) is 13.2 Å². The molecule has 2 fully saturated rings. The van der Waals surface area contributed by atoms with Crippen LogP contribution >= 0.6 is 23.2 Å². The highest BCUT2D eigenvalue weighted by molar-refractivity contribution is 7.88. The van der Waals surface area contributed by atoms with E-state index in [-0.39, 0.29) is 17.6 Å². The van der Waals surface area contributed by atoms with E-state index in [0.29, 0.717) is 41.5 Å². The third kappa shape index (κ3) is 6.21. The molecule has 9 heteroatoms. The van der Waals surface area contributed by atoms with Crippen molar-refractivity contribution >= 4 is 50.5 Å². The van der Waals surface area contributed by atoms with E-state index in [1.807, 2.05) is 12.1 Å². The van der Waals surface area contributed by atoms with Crippen LogP contribution in [0.15, 0.2) is 42.5 Å². The van der Waals surface area contributed by atoms with E-state index in [2.05, 4.69) is 22.3 Å². The van der Waals surface area contributed by atoms with E-state index in [1.54, 1.807) is 18.2 Å². The minimum Gasteiger partial charge on any atom is -0.372 e. The molecule has 178 valence electrons. The Morgan fingerprint density at radius 1 is 0.939 bits per heavy atom. The number of carbonyl (C=O) groups is 1. The molecule has 1 N–H and O–H groups in total. The monoisotopic (exact) mass is 509 g/mol. The first-order valence-electron chi connectivity index (χ1n) is 11.4. The van der Waals surface area contributed by atoms with Gasteiger partial charge in [0.05, 0.1) is 5.75 Å². The van der Waals surface area contributed by atoms with Crippen LogP contribution in [0.1, 0.15) is 37.7 Å². The lowest BCUT2D eigenvalue weighted by Gasteiger charge is -2.31. The number of hydrogen-bond donors (Lipinski definition) is 1. The number of piperidine rings is 2. The molecule has 4 rings (SSSR count). The van der Waals surface area contributed by atoms with Crippen molar-refractivity contribution in [2.45, 2.75) is 37.9 Å². The van der Waals surface area contributed by atoms with E-state index in [1.165, 1.54) is 29.3 Å². The molecule has 2 aliphatic rings. The smallest absolute Gasteiger partial charge is 0.227 e. The number of nitrogens with zero attached hydrogens (tertiary/aromatic N) is 2. The van der Waals surface area contributed by atoms with Gasteiger partial charge in [0.1, 0.15) is 0 Å². The Kier molecular flexibility index (Phi) is 7.84. The van der Waals surface area contributed by atoms with E-state index in [4.69, 9.17) is 23.2 Å². The van der Waals surface area contributed by atoms with Crippen molar-refractivity contribution in [3.8, 4) is 0 Å². The molecule has 2 aliphatic heterocycles. The first kappa shape index (κ1) is 24.3. The highest BCUT2D eigenvalue weighted by Gasteiger charge is 2.31. The van der Waals surface area contributed by atoms with Crippen molar-refractivity contribution < 1.29 is 13.2 Å². The Morgan fingerprint density at radius 3 is 2.24 bits per heavy atom. The maximum atomic E-state index is 12.9. The first-order chi connectivity index (χ1) is 15.8. The standard InChI is InChI=1S/C24H29Cl2N3O3S/c25-20-5-4-19(23(26)16-20)17-33(31,32)29-14-10-18(11-15-29)24(30)27-21-6-8-22(9-7-21)28-12-2-1-3-13-28/h4-9,16,18H,1-3,10-15,17H2,(H,27,30). The van der Waals surface area contributed by atoms with Crippen molar-refractivity contribution in [2.24, 2.45) is 5.92 Å². The molecule has 2 saturated heterocycles. The number of nitrogens with one attached hydrogen (secondary N) is 1. The Morgan fingerprint density at radius 2 is 1.61 bits per heavy atom. The third-order valence-corrected chi connectivity index (χ3v) is 8.84. The lowest BCUT2D eigenvalue weighted by atomic mass is 9.97. The van der Waals surface area contributed by atoms with Gasteiger partial charge in [-0.05, 0) is 74.1 Å². The van der Waals surface area contributed by atoms with Gasteiger partial charge in [0.25, 0.3) is 0 Å². The minimum absolute atomic E-state index is 0.0569. The average Bonchev–Trinajstić information content (AvgIpc) is 2.82. The van der Waals surface area contributed by atoms with E-state index < -0.39 is 10.0 Å². The Labute approximate surface area is 205 Å². The zero-order chi connectivity index (χ0) is 23.4. The molecule has 0 atom stereocenters. The Balaban J connectivity index is 1.29. The summed E-state index contributed by atoms with van der Waals surface area (Å²) in [5.74, 6) is -0.445. The quantitative estimate of drug-likeness (QED) is 0.583. The van der Waals surface area contributed by atoms with Gasteiger partial charge in [0.15, 0.2) is 0 Å². The number of halogens is 2. The van der Waals surface area contributed by atoms with Crippen LogP contribution < -0.4 is 10.2 Å². The van der Waals surface area contributed by atoms with Crippen molar-refractivity contribution in [2.75, 3.05) is 36.4 Å². The number of anilines is 2. The summed E-state index contributed by atoms with van der Waals surface area (Å²) < 4.78 is 27.2. The van der Waals surface area contributed by atoms with E-state index >= 15 is 0 Å². The molecular formula is C24H29Cl2N3O3S. The summed E-state index contributed by atoms with van der Waals surface area (Å²) in [6.07, 6.45) is 4.72. The van der Waals surface area contributed by atoms with Gasteiger partial charge in [-0.1, -0.05) is 29.3 Å². The van der Waals surface area contributed by atoms with Crippen molar-refractivity contribution in [3.05, 3.63) is 58.1 Å². The number of benzene rings is 2. The molecule has 33 heavy (non-hydrogen) atoms. The average molecular weight is 510 g/mol. The van der Waals surface area contributed by atoms with Crippen molar-refractivity contribution in [3.63, 3.8) is 0 Å². The normalized spacial score (nSPS) is 18.3. The molecule has 0 spiro atoms. The number of rotatable bonds is 6.